The predicted molar refractivity (Wildman–Crippen MR) is 214 cm³/mol. The first-order chi connectivity index (χ1) is 26.9. The molecule has 0 aromatic carbocycles. The largest absolute Gasteiger partial charge is 0.472 e. The number of nitrogens with zero attached hydrogens (tertiary/aromatic N) is 4. The molecule has 0 saturated carbocycles. The highest BCUT2D eigenvalue weighted by atomic mass is 31.2. The van der Waals surface area contributed by atoms with Gasteiger partial charge in [0.15, 0.2) is 0 Å². The van der Waals surface area contributed by atoms with Gasteiger partial charge in [-0.15, -0.1) is 0 Å². The summed E-state index contributed by atoms with van der Waals surface area (Å²) in [5.74, 6) is -1.50. The first kappa shape index (κ1) is 53.0. The Morgan fingerprint density at radius 2 is 1.21 bits per heavy atom. The van der Waals surface area contributed by atoms with Crippen LogP contribution in [0.2, 0.25) is 0 Å². The molecular formula is C38H70N5O14P. The summed E-state index contributed by atoms with van der Waals surface area (Å²) in [6, 6.07) is 0. The fraction of sp³-hybridized carbons (Fsp3) is 0.842. The molecular weight excluding hydrogens is 781 g/mol. The van der Waals surface area contributed by atoms with E-state index in [0.29, 0.717) is 91.2 Å². The Hall–Kier alpha value is -3.03. The summed E-state index contributed by atoms with van der Waals surface area (Å²) in [7, 11) is -4.58. The Morgan fingerprint density at radius 3 is 1.64 bits per heavy atom. The molecule has 0 aromatic heterocycles. The first-order valence-corrected chi connectivity index (χ1v) is 21.3. The maximum Gasteiger partial charge on any atom is 0.472 e. The van der Waals surface area contributed by atoms with E-state index in [1.165, 1.54) is 13.8 Å². The van der Waals surface area contributed by atoms with Crippen LogP contribution in [0.5, 0.6) is 0 Å². The Labute approximate surface area is 344 Å². The van der Waals surface area contributed by atoms with Crippen LogP contribution in [-0.4, -0.2) is 182 Å². The Kier molecular flexibility index (Phi) is 24.0. The molecule has 1 rings (SSSR count). The standard InChI is InChI=1S/C38H70N5O14P/c1-31(46)10-11-33(56-32(2)47)28-55-58(50,51)54-25-14-39-34(48)26-42-21-19-40(15-12-37(6,7)52-29-44)17-18-41(16-13-38(8,9)53-30-45)20-22-43(24-23-42)27-35(49)57-36(3,4)5/h29-30,33H,10-28H2,1-9H3,(H,39,48)(H,50,51). The summed E-state index contributed by atoms with van der Waals surface area (Å²) < 4.78 is 43.8. The number of ketones is 1. The number of hydrogen-bond acceptors (Lipinski definition) is 17. The average molecular weight is 852 g/mol. The van der Waals surface area contributed by atoms with Gasteiger partial charge in [-0.3, -0.25) is 42.8 Å². The second kappa shape index (κ2) is 26.2. The monoisotopic (exact) mass is 851 g/mol. The molecule has 1 aliphatic heterocycles. The van der Waals surface area contributed by atoms with Gasteiger partial charge >= 0.3 is 19.8 Å². The molecule has 58 heavy (non-hydrogen) atoms. The number of ether oxygens (including phenoxy) is 4. The lowest BCUT2D eigenvalue weighted by Gasteiger charge is -2.36. The van der Waals surface area contributed by atoms with Crippen molar-refractivity contribution in [3.05, 3.63) is 0 Å². The number of nitrogens with one attached hydrogen (secondary N) is 1. The summed E-state index contributed by atoms with van der Waals surface area (Å²) in [5.41, 5.74) is -2.01. The fourth-order valence-corrected chi connectivity index (χ4v) is 6.48. The minimum Gasteiger partial charge on any atom is -0.462 e. The molecule has 1 aliphatic rings. The molecule has 1 amide bonds. The topological polar surface area (TPSA) is 220 Å². The van der Waals surface area contributed by atoms with E-state index < -0.39 is 43.3 Å². The van der Waals surface area contributed by atoms with Crippen molar-refractivity contribution in [3.63, 3.8) is 0 Å². The third-order valence-corrected chi connectivity index (χ3v) is 10.1. The van der Waals surface area contributed by atoms with Gasteiger partial charge in [-0.25, -0.2) is 4.57 Å². The molecule has 1 fully saturated rings. The maximum atomic E-state index is 13.2. The fourth-order valence-electron chi connectivity index (χ4n) is 5.73. The van der Waals surface area contributed by atoms with Gasteiger partial charge < -0.3 is 43.8 Å². The quantitative estimate of drug-likeness (QED) is 0.0440. The van der Waals surface area contributed by atoms with Crippen molar-refractivity contribution in [1.82, 2.24) is 24.9 Å². The molecule has 20 heteroatoms. The van der Waals surface area contributed by atoms with Crippen molar-refractivity contribution in [2.75, 3.05) is 98.3 Å². The van der Waals surface area contributed by atoms with Crippen LogP contribution in [0.4, 0.5) is 0 Å². The summed E-state index contributed by atoms with van der Waals surface area (Å²) in [6.45, 7) is 21.0. The average Bonchev–Trinajstić information content (AvgIpc) is 3.08. The Morgan fingerprint density at radius 1 is 0.741 bits per heavy atom. The van der Waals surface area contributed by atoms with Crippen molar-refractivity contribution in [2.24, 2.45) is 0 Å². The predicted octanol–water partition coefficient (Wildman–Crippen LogP) is 1.78. The summed E-state index contributed by atoms with van der Waals surface area (Å²) in [5, 5.41) is 2.70. The second-order valence-corrected chi connectivity index (χ2v) is 18.1. The maximum absolute atomic E-state index is 13.2. The summed E-state index contributed by atoms with van der Waals surface area (Å²) in [6.07, 6.45) is 0.441. The number of esters is 2. The van der Waals surface area contributed by atoms with Crippen LogP contribution < -0.4 is 5.32 Å². The van der Waals surface area contributed by atoms with Crippen LogP contribution in [0.1, 0.15) is 88.0 Å². The van der Waals surface area contributed by atoms with Crippen LogP contribution in [0.15, 0.2) is 0 Å². The number of phosphoric ester groups is 1. The lowest BCUT2D eigenvalue weighted by atomic mass is 10.0. The molecule has 2 atom stereocenters. The van der Waals surface area contributed by atoms with Crippen LogP contribution in [0.3, 0.4) is 0 Å². The molecule has 336 valence electrons. The van der Waals surface area contributed by atoms with E-state index in [0.717, 1.165) is 0 Å². The number of amides is 1. The van der Waals surface area contributed by atoms with E-state index >= 15 is 0 Å². The van der Waals surface area contributed by atoms with E-state index in [-0.39, 0.29) is 56.7 Å². The molecule has 0 radical (unpaired) electrons. The van der Waals surface area contributed by atoms with Crippen LogP contribution in [0, 0.1) is 0 Å². The Balaban J connectivity index is 3.07. The lowest BCUT2D eigenvalue weighted by Crippen LogP contribution is -2.50. The van der Waals surface area contributed by atoms with Crippen LogP contribution in [0.25, 0.3) is 0 Å². The lowest BCUT2D eigenvalue weighted by molar-refractivity contribution is -0.156. The van der Waals surface area contributed by atoms with Crippen molar-refractivity contribution >= 4 is 44.4 Å². The summed E-state index contributed by atoms with van der Waals surface area (Å²) in [4.78, 5) is 89.8. The smallest absolute Gasteiger partial charge is 0.462 e. The van der Waals surface area contributed by atoms with E-state index in [9.17, 15) is 38.2 Å². The van der Waals surface area contributed by atoms with E-state index in [4.69, 9.17) is 28.0 Å². The zero-order valence-electron chi connectivity index (χ0n) is 36.2. The molecule has 0 aromatic rings. The molecule has 2 N–H and O–H groups in total. The van der Waals surface area contributed by atoms with E-state index in [2.05, 4.69) is 15.1 Å². The van der Waals surface area contributed by atoms with Crippen LogP contribution in [-0.2, 0) is 61.3 Å². The number of carbonyl (C=O) groups is 6. The van der Waals surface area contributed by atoms with Gasteiger partial charge in [-0.1, -0.05) is 0 Å². The molecule has 1 saturated heterocycles. The third kappa shape index (κ3) is 26.9. The van der Waals surface area contributed by atoms with Crippen molar-refractivity contribution in [3.8, 4) is 0 Å². The number of phosphoric acid groups is 1. The zero-order chi connectivity index (χ0) is 44.0. The number of hydrogen-bond donors (Lipinski definition) is 2. The molecule has 0 bridgehead atoms. The highest BCUT2D eigenvalue weighted by molar-refractivity contribution is 7.47. The molecule has 1 heterocycles. The minimum atomic E-state index is -4.58. The third-order valence-electron chi connectivity index (χ3n) is 9.12. The van der Waals surface area contributed by atoms with E-state index in [1.807, 2.05) is 58.3 Å². The van der Waals surface area contributed by atoms with Crippen LogP contribution >= 0.6 is 7.82 Å². The minimum absolute atomic E-state index is 0.0146. The van der Waals surface area contributed by atoms with Gasteiger partial charge in [-0.05, 0) is 74.7 Å². The van der Waals surface area contributed by atoms with E-state index in [1.54, 1.807) is 0 Å². The number of Topliss-reactive ketones (excluding diaryl/α,β-unsaturated/α-hetero) is 1. The highest BCUT2D eigenvalue weighted by Gasteiger charge is 2.27. The van der Waals surface area contributed by atoms with Crippen molar-refractivity contribution < 1.29 is 66.2 Å². The van der Waals surface area contributed by atoms with Crippen molar-refractivity contribution in [2.45, 2.75) is 111 Å². The van der Waals surface area contributed by atoms with Gasteiger partial charge in [-0.2, -0.15) is 0 Å². The van der Waals surface area contributed by atoms with Gasteiger partial charge in [0.1, 0.15) is 28.7 Å². The van der Waals surface area contributed by atoms with Gasteiger partial charge in [0.2, 0.25) is 5.91 Å². The number of carbonyl (C=O) groups excluding carboxylic acids is 6. The second-order valence-electron chi connectivity index (χ2n) is 16.7. The normalized spacial score (nSPS) is 17.8. The van der Waals surface area contributed by atoms with Gasteiger partial charge in [0.05, 0.1) is 26.3 Å². The summed E-state index contributed by atoms with van der Waals surface area (Å²) >= 11 is 0. The first-order valence-electron chi connectivity index (χ1n) is 19.8. The molecule has 0 spiro atoms. The Bertz CT molecular complexity index is 1340. The molecule has 0 aliphatic carbocycles. The highest BCUT2D eigenvalue weighted by Crippen LogP contribution is 2.43. The zero-order valence-corrected chi connectivity index (χ0v) is 37.1. The van der Waals surface area contributed by atoms with Gasteiger partial charge in [0.25, 0.3) is 12.9 Å². The molecule has 2 unspecified atom stereocenters. The number of rotatable bonds is 25. The molecule has 19 nitrogen and oxygen atoms in total. The SMILES string of the molecule is CC(=O)CCC(COP(=O)(O)OCCNC(=O)CN1CCN(CCC(C)(C)OC=O)CCN(CCC(C)(C)OC=O)CCN(CC(=O)OC(C)(C)C)CC1)OC(C)=O. The van der Waals surface area contributed by atoms with Gasteiger partial charge in [0, 0.05) is 85.3 Å². The van der Waals surface area contributed by atoms with Crippen molar-refractivity contribution in [1.29, 1.82) is 0 Å².